The van der Waals surface area contributed by atoms with E-state index in [2.05, 4.69) is 20.9 Å². The van der Waals surface area contributed by atoms with E-state index in [4.69, 9.17) is 4.74 Å². The third-order valence-corrected chi connectivity index (χ3v) is 7.36. The lowest BCUT2D eigenvalue weighted by molar-refractivity contribution is -0.116. The van der Waals surface area contributed by atoms with Crippen molar-refractivity contribution in [2.24, 2.45) is 0 Å². The van der Waals surface area contributed by atoms with Crippen LogP contribution in [0.4, 0.5) is 9.93 Å². The SMILES string of the molecule is COc1ccc2nc(NC(=O)CCCC[C@H]3SC[C@@H]4NC(=O)N[C@H]43)sc2c1. The summed E-state index contributed by atoms with van der Waals surface area (Å²) in [5.74, 6) is 1.75. The van der Waals surface area contributed by atoms with Crippen LogP contribution in [0, 0.1) is 0 Å². The molecule has 9 heteroatoms. The van der Waals surface area contributed by atoms with Crippen molar-refractivity contribution in [1.29, 1.82) is 0 Å². The second-order valence-electron chi connectivity index (χ2n) is 6.77. The largest absolute Gasteiger partial charge is 0.497 e. The number of amides is 3. The fourth-order valence-corrected chi connectivity index (χ4v) is 6.00. The van der Waals surface area contributed by atoms with Crippen LogP contribution < -0.4 is 20.7 Å². The second-order valence-corrected chi connectivity index (χ2v) is 9.07. The zero-order valence-electron chi connectivity index (χ0n) is 15.0. The molecule has 0 radical (unpaired) electrons. The quantitative estimate of drug-likeness (QED) is 0.486. The lowest BCUT2D eigenvalue weighted by Crippen LogP contribution is -2.36. The van der Waals surface area contributed by atoms with Crippen molar-refractivity contribution in [3.63, 3.8) is 0 Å². The summed E-state index contributed by atoms with van der Waals surface area (Å²) in [4.78, 5) is 28.0. The molecule has 144 valence electrons. The Bertz CT molecular complexity index is 856. The molecule has 0 spiro atoms. The maximum absolute atomic E-state index is 12.2. The Hall–Kier alpha value is -2.00. The van der Waals surface area contributed by atoms with Crippen LogP contribution in [0.25, 0.3) is 10.2 Å². The number of carbonyl (C=O) groups excluding carboxylic acids is 2. The van der Waals surface area contributed by atoms with Gasteiger partial charge in [-0.1, -0.05) is 17.8 Å². The average Bonchev–Trinajstić information content (AvgIpc) is 3.31. The van der Waals surface area contributed by atoms with Crippen molar-refractivity contribution in [3.8, 4) is 5.75 Å². The Labute approximate surface area is 165 Å². The highest BCUT2D eigenvalue weighted by atomic mass is 32.2. The number of carbonyl (C=O) groups is 2. The van der Waals surface area contributed by atoms with Crippen LogP contribution in [-0.2, 0) is 4.79 Å². The number of fused-ring (bicyclic) bond motifs is 2. The summed E-state index contributed by atoms with van der Waals surface area (Å²) < 4.78 is 6.21. The van der Waals surface area contributed by atoms with Crippen molar-refractivity contribution in [2.75, 3.05) is 18.2 Å². The Balaban J connectivity index is 1.21. The van der Waals surface area contributed by atoms with Crippen molar-refractivity contribution in [2.45, 2.75) is 43.0 Å². The van der Waals surface area contributed by atoms with Crippen LogP contribution in [0.5, 0.6) is 5.75 Å². The van der Waals surface area contributed by atoms with Crippen LogP contribution in [0.3, 0.4) is 0 Å². The highest BCUT2D eigenvalue weighted by Crippen LogP contribution is 2.33. The van der Waals surface area contributed by atoms with Gasteiger partial charge >= 0.3 is 6.03 Å². The van der Waals surface area contributed by atoms with Crippen LogP contribution in [0.1, 0.15) is 25.7 Å². The van der Waals surface area contributed by atoms with Gasteiger partial charge in [-0.15, -0.1) is 0 Å². The summed E-state index contributed by atoms with van der Waals surface area (Å²) >= 11 is 3.36. The first-order valence-corrected chi connectivity index (χ1v) is 10.9. The van der Waals surface area contributed by atoms with Crippen molar-refractivity contribution in [1.82, 2.24) is 15.6 Å². The van der Waals surface area contributed by atoms with E-state index in [0.717, 1.165) is 41.0 Å². The van der Waals surface area contributed by atoms with E-state index in [-0.39, 0.29) is 24.0 Å². The number of nitrogens with one attached hydrogen (secondary N) is 3. The van der Waals surface area contributed by atoms with Gasteiger partial charge in [0.1, 0.15) is 5.75 Å². The lowest BCUT2D eigenvalue weighted by atomic mass is 10.0. The molecule has 2 saturated heterocycles. The number of ether oxygens (including phenoxy) is 1. The molecule has 3 heterocycles. The zero-order valence-corrected chi connectivity index (χ0v) is 16.6. The molecule has 1 aromatic carbocycles. The topological polar surface area (TPSA) is 92.3 Å². The monoisotopic (exact) mass is 406 g/mol. The molecular weight excluding hydrogens is 384 g/mol. The number of unbranched alkanes of at least 4 members (excludes halogenated alkanes) is 1. The van der Waals surface area contributed by atoms with E-state index >= 15 is 0 Å². The number of urea groups is 1. The molecule has 2 aliphatic heterocycles. The molecule has 3 amide bonds. The number of anilines is 1. The van der Waals surface area contributed by atoms with Crippen LogP contribution in [0.15, 0.2) is 18.2 Å². The van der Waals surface area contributed by atoms with E-state index in [1.807, 2.05) is 30.0 Å². The van der Waals surface area contributed by atoms with Gasteiger partial charge in [0.2, 0.25) is 5.91 Å². The van der Waals surface area contributed by atoms with Gasteiger partial charge < -0.3 is 20.7 Å². The summed E-state index contributed by atoms with van der Waals surface area (Å²) in [5.41, 5.74) is 0.858. The molecule has 0 unspecified atom stereocenters. The van der Waals surface area contributed by atoms with Crippen molar-refractivity contribution in [3.05, 3.63) is 18.2 Å². The average molecular weight is 407 g/mol. The summed E-state index contributed by atoms with van der Waals surface area (Å²) in [5, 5.41) is 9.91. The number of hydrogen-bond acceptors (Lipinski definition) is 6. The van der Waals surface area contributed by atoms with Gasteiger partial charge in [0.05, 0.1) is 29.4 Å². The molecule has 4 rings (SSSR count). The van der Waals surface area contributed by atoms with E-state index in [0.29, 0.717) is 16.8 Å². The van der Waals surface area contributed by atoms with Gasteiger partial charge in [-0.25, -0.2) is 9.78 Å². The fraction of sp³-hybridized carbons (Fsp3) is 0.500. The Kier molecular flexibility index (Phi) is 5.40. The van der Waals surface area contributed by atoms with Gasteiger partial charge in [0.25, 0.3) is 0 Å². The molecule has 0 bridgehead atoms. The fourth-order valence-electron chi connectivity index (χ4n) is 3.54. The number of thioether (sulfide) groups is 1. The summed E-state index contributed by atoms with van der Waals surface area (Å²) in [6.45, 7) is 0. The Morgan fingerprint density at radius 3 is 3.11 bits per heavy atom. The maximum Gasteiger partial charge on any atom is 0.315 e. The first kappa shape index (κ1) is 18.4. The molecule has 3 atom stereocenters. The Morgan fingerprint density at radius 2 is 2.26 bits per heavy atom. The van der Waals surface area contributed by atoms with Gasteiger partial charge in [0.15, 0.2) is 5.13 Å². The maximum atomic E-state index is 12.2. The van der Waals surface area contributed by atoms with Gasteiger partial charge in [0, 0.05) is 17.4 Å². The summed E-state index contributed by atoms with van der Waals surface area (Å²) in [7, 11) is 1.63. The van der Waals surface area contributed by atoms with Crippen LogP contribution in [-0.4, -0.2) is 47.1 Å². The minimum absolute atomic E-state index is 0.00573. The van der Waals surface area contributed by atoms with E-state index in [9.17, 15) is 9.59 Å². The number of thiazole rings is 1. The van der Waals surface area contributed by atoms with Gasteiger partial charge in [-0.3, -0.25) is 4.79 Å². The molecule has 7 nitrogen and oxygen atoms in total. The summed E-state index contributed by atoms with van der Waals surface area (Å²) in [6, 6.07) is 6.12. The molecule has 27 heavy (non-hydrogen) atoms. The van der Waals surface area contributed by atoms with Gasteiger partial charge in [-0.2, -0.15) is 11.8 Å². The number of methoxy groups -OCH3 is 1. The molecule has 2 aromatic rings. The second kappa shape index (κ2) is 7.93. The molecule has 0 aliphatic carbocycles. The number of nitrogens with zero attached hydrogens (tertiary/aromatic N) is 1. The lowest BCUT2D eigenvalue weighted by Gasteiger charge is -2.16. The first-order chi connectivity index (χ1) is 13.1. The number of rotatable bonds is 7. The number of hydrogen-bond donors (Lipinski definition) is 3. The molecular formula is C18H22N4O3S2. The Morgan fingerprint density at radius 1 is 1.37 bits per heavy atom. The minimum Gasteiger partial charge on any atom is -0.497 e. The van der Waals surface area contributed by atoms with Gasteiger partial charge in [-0.05, 0) is 31.0 Å². The highest BCUT2D eigenvalue weighted by Gasteiger charge is 2.42. The third kappa shape index (κ3) is 4.14. The van der Waals surface area contributed by atoms with Crippen LogP contribution in [0.2, 0.25) is 0 Å². The molecule has 1 aromatic heterocycles. The first-order valence-electron chi connectivity index (χ1n) is 9.05. The van der Waals surface area contributed by atoms with Crippen molar-refractivity contribution < 1.29 is 14.3 Å². The highest BCUT2D eigenvalue weighted by molar-refractivity contribution is 8.00. The third-order valence-electron chi connectivity index (χ3n) is 4.92. The predicted molar refractivity (Wildman–Crippen MR) is 109 cm³/mol. The van der Waals surface area contributed by atoms with E-state index in [1.54, 1.807) is 7.11 Å². The van der Waals surface area contributed by atoms with Crippen LogP contribution >= 0.6 is 23.1 Å². The number of aromatic nitrogens is 1. The molecule has 3 N–H and O–H groups in total. The number of benzene rings is 1. The molecule has 2 aliphatic rings. The molecule has 2 fully saturated rings. The van der Waals surface area contributed by atoms with Crippen molar-refractivity contribution >= 4 is 50.4 Å². The molecule has 0 saturated carbocycles. The zero-order chi connectivity index (χ0) is 18.8. The normalized spacial score (nSPS) is 23.7. The van der Waals surface area contributed by atoms with E-state index in [1.165, 1.54) is 11.3 Å². The smallest absolute Gasteiger partial charge is 0.315 e. The standard InChI is InChI=1S/C18H22N4O3S2/c1-25-10-6-7-11-14(8-10)27-18(20-11)21-15(23)5-3-2-4-13-16-12(9-26-13)19-17(24)22-16/h6-8,12-13,16H,2-5,9H2,1H3,(H2,19,22,24)(H,20,21,23)/t12-,13+,16+/m0/s1. The van der Waals surface area contributed by atoms with E-state index < -0.39 is 0 Å². The summed E-state index contributed by atoms with van der Waals surface area (Å²) in [6.07, 6.45) is 3.30. The predicted octanol–water partition coefficient (Wildman–Crippen LogP) is 2.97. The minimum atomic E-state index is -0.0527.